The van der Waals surface area contributed by atoms with Crippen LogP contribution in [0.1, 0.15) is 24.0 Å². The number of nitrogens with zero attached hydrogens (tertiary/aromatic N) is 3. The Kier molecular flexibility index (Phi) is 5.69. The molecule has 1 atom stereocenters. The van der Waals surface area contributed by atoms with Gasteiger partial charge in [-0.05, 0) is 48.2 Å². The maximum Gasteiger partial charge on any atom is 0.246 e. The molecule has 1 fully saturated rings. The minimum absolute atomic E-state index is 0.0221. The van der Waals surface area contributed by atoms with Gasteiger partial charge in [-0.25, -0.2) is 0 Å². The predicted molar refractivity (Wildman–Crippen MR) is 91.9 cm³/mol. The Morgan fingerprint density at radius 1 is 1.25 bits per heavy atom. The zero-order chi connectivity index (χ0) is 16.6. The fraction of sp³-hybridized carbons (Fsp3) is 0.316. The van der Waals surface area contributed by atoms with E-state index in [2.05, 4.69) is 9.97 Å². The quantitative estimate of drug-likeness (QED) is 0.767. The first kappa shape index (κ1) is 16.3. The second-order valence-electron chi connectivity index (χ2n) is 5.83. The van der Waals surface area contributed by atoms with Gasteiger partial charge in [0.05, 0.1) is 6.10 Å². The van der Waals surface area contributed by atoms with Crippen LogP contribution in [0.2, 0.25) is 0 Å². The molecule has 124 valence electrons. The molecule has 3 heterocycles. The summed E-state index contributed by atoms with van der Waals surface area (Å²) in [6.07, 6.45) is 12.6. The van der Waals surface area contributed by atoms with Gasteiger partial charge in [0.1, 0.15) is 0 Å². The molecular formula is C19H21N3O2. The van der Waals surface area contributed by atoms with E-state index < -0.39 is 0 Å². The van der Waals surface area contributed by atoms with E-state index in [0.717, 1.165) is 30.6 Å². The summed E-state index contributed by atoms with van der Waals surface area (Å²) < 4.78 is 5.69. The highest BCUT2D eigenvalue weighted by Crippen LogP contribution is 2.15. The van der Waals surface area contributed by atoms with Crippen molar-refractivity contribution in [3.05, 3.63) is 66.3 Å². The molecule has 2 aromatic rings. The van der Waals surface area contributed by atoms with Crippen LogP contribution < -0.4 is 0 Å². The highest BCUT2D eigenvalue weighted by Gasteiger charge is 2.21. The zero-order valence-corrected chi connectivity index (χ0v) is 13.5. The van der Waals surface area contributed by atoms with Gasteiger partial charge >= 0.3 is 0 Å². The lowest BCUT2D eigenvalue weighted by Gasteiger charge is -2.24. The predicted octanol–water partition coefficient (Wildman–Crippen LogP) is 2.70. The first-order valence-corrected chi connectivity index (χ1v) is 8.19. The third-order valence-electron chi connectivity index (χ3n) is 3.98. The van der Waals surface area contributed by atoms with Crippen molar-refractivity contribution < 1.29 is 9.53 Å². The van der Waals surface area contributed by atoms with E-state index in [9.17, 15) is 4.79 Å². The Hall–Kier alpha value is -2.53. The lowest BCUT2D eigenvalue weighted by atomic mass is 10.2. The molecule has 1 aliphatic rings. The summed E-state index contributed by atoms with van der Waals surface area (Å²) >= 11 is 0. The maximum atomic E-state index is 12.7. The third-order valence-corrected chi connectivity index (χ3v) is 3.98. The molecule has 5 heteroatoms. The molecule has 2 aromatic heterocycles. The molecule has 0 N–H and O–H groups in total. The Morgan fingerprint density at radius 2 is 2.12 bits per heavy atom. The van der Waals surface area contributed by atoms with Crippen molar-refractivity contribution in [2.45, 2.75) is 25.5 Å². The van der Waals surface area contributed by atoms with Crippen LogP contribution in [0, 0.1) is 0 Å². The molecule has 24 heavy (non-hydrogen) atoms. The number of ether oxygens (including phenoxy) is 1. The minimum Gasteiger partial charge on any atom is -0.376 e. The molecule has 0 radical (unpaired) electrons. The van der Waals surface area contributed by atoms with Crippen molar-refractivity contribution >= 4 is 12.0 Å². The van der Waals surface area contributed by atoms with E-state index in [1.807, 2.05) is 35.2 Å². The van der Waals surface area contributed by atoms with Crippen LogP contribution in [0.15, 0.2) is 55.1 Å². The number of carbonyl (C=O) groups is 1. The average molecular weight is 323 g/mol. The van der Waals surface area contributed by atoms with Crippen LogP contribution in [0.3, 0.4) is 0 Å². The topological polar surface area (TPSA) is 55.3 Å². The summed E-state index contributed by atoms with van der Waals surface area (Å²) in [6, 6.07) is 7.61. The van der Waals surface area contributed by atoms with Gasteiger partial charge in [0.25, 0.3) is 0 Å². The second kappa shape index (κ2) is 8.36. The lowest BCUT2D eigenvalue weighted by molar-refractivity contribution is -0.128. The van der Waals surface area contributed by atoms with Crippen molar-refractivity contribution in [1.29, 1.82) is 0 Å². The summed E-state index contributed by atoms with van der Waals surface area (Å²) in [6.45, 7) is 1.92. The van der Waals surface area contributed by atoms with Gasteiger partial charge in [-0.3, -0.25) is 14.8 Å². The Labute approximate surface area is 142 Å². The van der Waals surface area contributed by atoms with Crippen molar-refractivity contribution in [1.82, 2.24) is 14.9 Å². The molecule has 0 aliphatic carbocycles. The monoisotopic (exact) mass is 323 g/mol. The Balaban J connectivity index is 1.70. The van der Waals surface area contributed by atoms with Crippen LogP contribution >= 0.6 is 0 Å². The molecule has 1 aliphatic heterocycles. The Morgan fingerprint density at radius 3 is 2.83 bits per heavy atom. The van der Waals surface area contributed by atoms with Gasteiger partial charge in [0.15, 0.2) is 0 Å². The van der Waals surface area contributed by atoms with Gasteiger partial charge in [-0.1, -0.05) is 6.07 Å². The first-order chi connectivity index (χ1) is 11.8. The van der Waals surface area contributed by atoms with Crippen LogP contribution in [-0.2, 0) is 16.1 Å². The normalized spacial score (nSPS) is 17.2. The van der Waals surface area contributed by atoms with Crippen LogP contribution in [0.25, 0.3) is 6.08 Å². The largest absolute Gasteiger partial charge is 0.376 e. The third kappa shape index (κ3) is 4.73. The fourth-order valence-electron chi connectivity index (χ4n) is 2.73. The summed E-state index contributed by atoms with van der Waals surface area (Å²) in [4.78, 5) is 22.6. The maximum absolute atomic E-state index is 12.7. The van der Waals surface area contributed by atoms with E-state index in [1.165, 1.54) is 0 Å². The van der Waals surface area contributed by atoms with Gasteiger partial charge in [0.2, 0.25) is 5.91 Å². The number of pyridine rings is 2. The van der Waals surface area contributed by atoms with Gasteiger partial charge < -0.3 is 9.64 Å². The van der Waals surface area contributed by atoms with E-state index >= 15 is 0 Å². The van der Waals surface area contributed by atoms with Gasteiger partial charge in [0, 0.05) is 50.6 Å². The van der Waals surface area contributed by atoms with Gasteiger partial charge in [-0.2, -0.15) is 0 Å². The number of aromatic nitrogens is 2. The average Bonchev–Trinajstić information content (AvgIpc) is 3.14. The zero-order valence-electron chi connectivity index (χ0n) is 13.5. The number of carbonyl (C=O) groups excluding carboxylic acids is 1. The molecule has 1 amide bonds. The summed E-state index contributed by atoms with van der Waals surface area (Å²) in [5.74, 6) is -0.0221. The highest BCUT2D eigenvalue weighted by molar-refractivity contribution is 5.91. The molecule has 0 saturated carbocycles. The first-order valence-electron chi connectivity index (χ1n) is 8.19. The SMILES string of the molecule is O=C(/C=C\c1ccncc1)N(Cc1cccnc1)C[C@H]1CCCO1. The highest BCUT2D eigenvalue weighted by atomic mass is 16.5. The van der Waals surface area contributed by atoms with Crippen LogP contribution in [0.5, 0.6) is 0 Å². The summed E-state index contributed by atoms with van der Waals surface area (Å²) in [7, 11) is 0. The lowest BCUT2D eigenvalue weighted by Crippen LogP contribution is -2.35. The van der Waals surface area contributed by atoms with E-state index in [4.69, 9.17) is 4.74 Å². The smallest absolute Gasteiger partial charge is 0.246 e. The molecule has 5 nitrogen and oxygen atoms in total. The number of rotatable bonds is 6. The number of hydrogen-bond acceptors (Lipinski definition) is 4. The molecule has 0 spiro atoms. The fourth-order valence-corrected chi connectivity index (χ4v) is 2.73. The van der Waals surface area contributed by atoms with Crippen molar-refractivity contribution in [3.63, 3.8) is 0 Å². The molecule has 0 bridgehead atoms. The van der Waals surface area contributed by atoms with Gasteiger partial charge in [-0.15, -0.1) is 0 Å². The molecular weight excluding hydrogens is 302 g/mol. The standard InChI is InChI=1S/C19H21N3O2/c23-19(6-5-16-7-10-20-11-8-16)22(15-18-4-2-12-24-18)14-17-3-1-9-21-13-17/h1,3,5-11,13,18H,2,4,12,14-15H2/b6-5-/t18-/m1/s1. The van der Waals surface area contributed by atoms with Crippen LogP contribution in [-0.4, -0.2) is 40.0 Å². The summed E-state index contributed by atoms with van der Waals surface area (Å²) in [5.41, 5.74) is 1.97. The van der Waals surface area contributed by atoms with E-state index in [-0.39, 0.29) is 12.0 Å². The molecule has 3 rings (SSSR count). The van der Waals surface area contributed by atoms with Crippen LogP contribution in [0.4, 0.5) is 0 Å². The van der Waals surface area contributed by atoms with E-state index in [1.54, 1.807) is 30.9 Å². The summed E-state index contributed by atoms with van der Waals surface area (Å²) in [5, 5.41) is 0. The molecule has 1 saturated heterocycles. The van der Waals surface area contributed by atoms with E-state index in [0.29, 0.717) is 13.1 Å². The Bertz CT molecular complexity index is 668. The number of amides is 1. The molecule has 0 unspecified atom stereocenters. The van der Waals surface area contributed by atoms with Crippen molar-refractivity contribution in [3.8, 4) is 0 Å². The second-order valence-corrected chi connectivity index (χ2v) is 5.83. The minimum atomic E-state index is -0.0221. The van der Waals surface area contributed by atoms with Crippen molar-refractivity contribution in [2.24, 2.45) is 0 Å². The van der Waals surface area contributed by atoms with Crippen molar-refractivity contribution in [2.75, 3.05) is 13.2 Å². The number of hydrogen-bond donors (Lipinski definition) is 0. The molecule has 0 aromatic carbocycles.